The quantitative estimate of drug-likeness (QED) is 0.0222. The summed E-state index contributed by atoms with van der Waals surface area (Å²) < 4.78 is 68.0. The molecular weight excluding hydrogens is 1170 g/mol. The molecule has 0 aromatic heterocycles. The highest BCUT2D eigenvalue weighted by atomic mass is 31.2. The Balaban J connectivity index is 5.11. The second-order valence-corrected chi connectivity index (χ2v) is 28.2. The van der Waals surface area contributed by atoms with Crippen LogP contribution in [0.15, 0.2) is 0 Å². The van der Waals surface area contributed by atoms with Crippen LogP contribution in [0.5, 0.6) is 0 Å². The van der Waals surface area contributed by atoms with Crippen LogP contribution in [0.3, 0.4) is 0 Å². The van der Waals surface area contributed by atoms with Crippen molar-refractivity contribution in [3.63, 3.8) is 0 Å². The SMILES string of the molecule is CCCCCCCCCCCCCCCCCCCCC(=O)OC[C@H](COP(=O)(O)OC[C@@H](O)COP(=O)(O)OC[C@@H](COC(=O)CCCCCCC)OC(=O)CCCCCCCCCC)OC(=O)CCCCCCCCCCCCCCCCCCCC. The van der Waals surface area contributed by atoms with Gasteiger partial charge < -0.3 is 33.8 Å². The topological polar surface area (TPSA) is 237 Å². The zero-order valence-corrected chi connectivity index (χ0v) is 59.2. The third-order valence-corrected chi connectivity index (χ3v) is 18.3. The first-order valence-electron chi connectivity index (χ1n) is 36.8. The maximum absolute atomic E-state index is 13.0. The van der Waals surface area contributed by atoms with Gasteiger partial charge in [-0.1, -0.05) is 317 Å². The van der Waals surface area contributed by atoms with Crippen molar-refractivity contribution in [2.45, 2.75) is 386 Å². The summed E-state index contributed by atoms with van der Waals surface area (Å²) in [4.78, 5) is 72.1. The molecule has 2 unspecified atom stereocenters. The van der Waals surface area contributed by atoms with Crippen molar-refractivity contribution in [2.75, 3.05) is 39.6 Å². The fourth-order valence-corrected chi connectivity index (χ4v) is 12.3. The Morgan fingerprint density at radius 2 is 0.449 bits per heavy atom. The molecule has 3 N–H and O–H groups in total. The smallest absolute Gasteiger partial charge is 0.462 e. The lowest BCUT2D eigenvalue weighted by Gasteiger charge is -2.21. The monoisotopic (exact) mass is 1310 g/mol. The van der Waals surface area contributed by atoms with Crippen molar-refractivity contribution in [3.8, 4) is 0 Å². The number of carbonyl (C=O) groups is 4. The maximum atomic E-state index is 13.0. The van der Waals surface area contributed by atoms with Crippen molar-refractivity contribution in [1.82, 2.24) is 0 Å². The van der Waals surface area contributed by atoms with Crippen LogP contribution in [-0.4, -0.2) is 96.7 Å². The number of phosphoric acid groups is 2. The summed E-state index contributed by atoms with van der Waals surface area (Å²) in [7, 11) is -9.88. The summed E-state index contributed by atoms with van der Waals surface area (Å²) in [5.74, 6) is -2.14. The van der Waals surface area contributed by atoms with Gasteiger partial charge in [-0.3, -0.25) is 37.3 Å². The normalized spacial score (nSPS) is 14.0. The van der Waals surface area contributed by atoms with Crippen molar-refractivity contribution in [3.05, 3.63) is 0 Å². The molecule has 528 valence electrons. The number of unbranched alkanes of at least 4 members (excludes halogenated alkanes) is 45. The summed E-state index contributed by atoms with van der Waals surface area (Å²) in [5.41, 5.74) is 0. The first kappa shape index (κ1) is 87.1. The number of ether oxygens (including phenoxy) is 4. The molecule has 19 heteroatoms. The zero-order chi connectivity index (χ0) is 65.4. The van der Waals surface area contributed by atoms with Crippen molar-refractivity contribution < 1.29 is 80.2 Å². The van der Waals surface area contributed by atoms with Crippen molar-refractivity contribution >= 4 is 39.5 Å². The minimum Gasteiger partial charge on any atom is -0.462 e. The highest BCUT2D eigenvalue weighted by Gasteiger charge is 2.30. The van der Waals surface area contributed by atoms with Crippen LogP contribution in [0.2, 0.25) is 0 Å². The molecule has 0 heterocycles. The highest BCUT2D eigenvalue weighted by Crippen LogP contribution is 2.45. The lowest BCUT2D eigenvalue weighted by molar-refractivity contribution is -0.161. The van der Waals surface area contributed by atoms with E-state index in [4.69, 9.17) is 37.0 Å². The van der Waals surface area contributed by atoms with E-state index in [9.17, 15) is 43.2 Å². The Bertz CT molecular complexity index is 1710. The molecule has 17 nitrogen and oxygen atoms in total. The minimum atomic E-state index is -4.95. The fraction of sp³-hybridized carbons (Fsp3) is 0.943. The largest absolute Gasteiger partial charge is 0.472 e. The second kappa shape index (κ2) is 64.8. The van der Waals surface area contributed by atoms with Gasteiger partial charge in [0.2, 0.25) is 0 Å². The molecule has 0 spiro atoms. The molecule has 0 saturated carbocycles. The molecule has 0 aliphatic rings. The molecule has 89 heavy (non-hydrogen) atoms. The van der Waals surface area contributed by atoms with E-state index in [0.29, 0.717) is 25.7 Å². The van der Waals surface area contributed by atoms with Crippen LogP contribution in [0, 0.1) is 0 Å². The van der Waals surface area contributed by atoms with E-state index in [1.807, 2.05) is 0 Å². The predicted molar refractivity (Wildman–Crippen MR) is 359 cm³/mol. The van der Waals surface area contributed by atoms with Crippen LogP contribution in [0.4, 0.5) is 0 Å². The van der Waals surface area contributed by atoms with E-state index >= 15 is 0 Å². The predicted octanol–water partition coefficient (Wildman–Crippen LogP) is 20.3. The Morgan fingerprint density at radius 1 is 0.270 bits per heavy atom. The van der Waals surface area contributed by atoms with Crippen molar-refractivity contribution in [2.24, 2.45) is 0 Å². The number of esters is 4. The Labute approximate surface area is 543 Å². The van der Waals surface area contributed by atoms with Crippen LogP contribution in [0.25, 0.3) is 0 Å². The van der Waals surface area contributed by atoms with Gasteiger partial charge in [0.25, 0.3) is 0 Å². The summed E-state index contributed by atoms with van der Waals surface area (Å²) in [6.07, 6.45) is 53.3. The van der Waals surface area contributed by atoms with E-state index in [1.165, 1.54) is 186 Å². The first-order chi connectivity index (χ1) is 43.2. The van der Waals surface area contributed by atoms with Gasteiger partial charge in [0.1, 0.15) is 19.3 Å². The minimum absolute atomic E-state index is 0.104. The molecule has 0 bridgehead atoms. The van der Waals surface area contributed by atoms with Gasteiger partial charge in [0, 0.05) is 25.7 Å². The van der Waals surface area contributed by atoms with Gasteiger partial charge in [-0.2, -0.15) is 0 Å². The molecule has 0 amide bonds. The third-order valence-electron chi connectivity index (χ3n) is 16.4. The molecule has 0 saturated heterocycles. The molecule has 0 radical (unpaired) electrons. The highest BCUT2D eigenvalue weighted by molar-refractivity contribution is 7.47. The Kier molecular flexibility index (Phi) is 63.3. The second-order valence-electron chi connectivity index (χ2n) is 25.3. The molecule has 0 aromatic carbocycles. The third kappa shape index (κ3) is 64.6. The van der Waals surface area contributed by atoms with E-state index < -0.39 is 97.5 Å². The zero-order valence-electron chi connectivity index (χ0n) is 57.4. The van der Waals surface area contributed by atoms with Gasteiger partial charge in [-0.15, -0.1) is 0 Å². The van der Waals surface area contributed by atoms with E-state index in [0.717, 1.165) is 103 Å². The van der Waals surface area contributed by atoms with E-state index in [1.54, 1.807) is 0 Å². The summed E-state index contributed by atoms with van der Waals surface area (Å²) in [6, 6.07) is 0. The molecule has 0 aliphatic carbocycles. The van der Waals surface area contributed by atoms with Gasteiger partial charge in [-0.05, 0) is 25.7 Å². The Morgan fingerprint density at radius 3 is 0.663 bits per heavy atom. The number of hydrogen-bond donors (Lipinski definition) is 3. The van der Waals surface area contributed by atoms with Crippen LogP contribution in [-0.2, 0) is 65.4 Å². The number of phosphoric ester groups is 2. The fourth-order valence-electron chi connectivity index (χ4n) is 10.7. The van der Waals surface area contributed by atoms with Crippen LogP contribution >= 0.6 is 15.6 Å². The Hall–Kier alpha value is -1.94. The summed E-state index contributed by atoms with van der Waals surface area (Å²) in [6.45, 7) is 4.83. The standard InChI is InChI=1S/C70H136O17P2/c1-5-9-13-17-20-23-25-27-29-31-33-35-37-39-41-44-47-51-55-68(73)81-61-66(87-70(75)57-53-49-45-42-40-38-36-34-32-30-28-26-24-21-18-14-10-6-2)63-85-89(78,79)83-59-64(71)58-82-88(76,77)84-62-65(60-80-67(72)54-50-46-16-12-8-4)86-69(74)56-52-48-43-22-19-15-11-7-3/h64-66,71H,5-63H2,1-4H3,(H,76,77)(H,78,79)/t64-,65+,66+/m0/s1. The van der Waals surface area contributed by atoms with Gasteiger partial charge in [0.15, 0.2) is 12.2 Å². The summed E-state index contributed by atoms with van der Waals surface area (Å²) in [5, 5.41) is 10.5. The van der Waals surface area contributed by atoms with E-state index in [2.05, 4.69) is 27.7 Å². The average Bonchev–Trinajstić information content (AvgIpc) is 3.55. The van der Waals surface area contributed by atoms with E-state index in [-0.39, 0.29) is 25.7 Å². The number of carbonyl (C=O) groups excluding carboxylic acids is 4. The number of rotatable bonds is 71. The van der Waals surface area contributed by atoms with Crippen LogP contribution < -0.4 is 0 Å². The first-order valence-corrected chi connectivity index (χ1v) is 39.8. The molecule has 5 atom stereocenters. The van der Waals surface area contributed by atoms with Gasteiger partial charge in [-0.25, -0.2) is 9.13 Å². The average molecular weight is 1310 g/mol. The molecule has 0 aromatic rings. The van der Waals surface area contributed by atoms with Gasteiger partial charge in [0.05, 0.1) is 26.4 Å². The molecular formula is C70H136O17P2. The number of aliphatic hydroxyl groups is 1. The number of aliphatic hydroxyl groups excluding tert-OH is 1. The van der Waals surface area contributed by atoms with Crippen molar-refractivity contribution in [1.29, 1.82) is 0 Å². The summed E-state index contributed by atoms with van der Waals surface area (Å²) >= 11 is 0. The molecule has 0 rings (SSSR count). The lowest BCUT2D eigenvalue weighted by Crippen LogP contribution is -2.30. The molecule has 0 aliphatic heterocycles. The van der Waals surface area contributed by atoms with Gasteiger partial charge >= 0.3 is 39.5 Å². The van der Waals surface area contributed by atoms with Crippen LogP contribution in [0.1, 0.15) is 368 Å². The lowest BCUT2D eigenvalue weighted by atomic mass is 10.0. The molecule has 0 fully saturated rings. The number of hydrogen-bond acceptors (Lipinski definition) is 15. The maximum Gasteiger partial charge on any atom is 0.472 e.